The number of rotatable bonds is 12. The van der Waals surface area contributed by atoms with Gasteiger partial charge in [0, 0.05) is 13.1 Å². The van der Waals surface area contributed by atoms with Gasteiger partial charge in [0.05, 0.1) is 7.11 Å². The van der Waals surface area contributed by atoms with E-state index in [2.05, 4.69) is 12.2 Å². The van der Waals surface area contributed by atoms with Crippen LogP contribution < -0.4 is 14.8 Å². The monoisotopic (exact) mass is 412 g/mol. The number of nitrogens with zero attached hydrogens (tertiary/aromatic N) is 1. The number of hydrogen-bond donors (Lipinski definition) is 1. The number of amides is 2. The number of benzene rings is 2. The maximum absolute atomic E-state index is 12.9. The minimum atomic E-state index is -0.572. The Labute approximate surface area is 179 Å². The summed E-state index contributed by atoms with van der Waals surface area (Å²) in [6.07, 6.45) is 2.58. The SMILES string of the molecule is CCCCNC(=O)[C@@H](C)N(CCc1ccccc1)C(=O)COc1ccc(OC)cc1. The first-order valence-electron chi connectivity index (χ1n) is 10.4. The number of carbonyl (C=O) groups is 2. The first-order valence-corrected chi connectivity index (χ1v) is 10.4. The summed E-state index contributed by atoms with van der Waals surface area (Å²) in [6, 6.07) is 16.4. The lowest BCUT2D eigenvalue weighted by atomic mass is 10.1. The van der Waals surface area contributed by atoms with Gasteiger partial charge in [0.15, 0.2) is 6.61 Å². The summed E-state index contributed by atoms with van der Waals surface area (Å²) in [5.41, 5.74) is 1.12. The van der Waals surface area contributed by atoms with Crippen molar-refractivity contribution in [3.8, 4) is 11.5 Å². The van der Waals surface area contributed by atoms with Crippen LogP contribution in [-0.2, 0) is 16.0 Å². The smallest absolute Gasteiger partial charge is 0.261 e. The molecular weight excluding hydrogens is 380 g/mol. The molecule has 0 radical (unpaired) electrons. The molecule has 6 heteroatoms. The normalized spacial score (nSPS) is 11.4. The number of unbranched alkanes of at least 4 members (excludes halogenated alkanes) is 1. The van der Waals surface area contributed by atoms with Gasteiger partial charge < -0.3 is 19.7 Å². The maximum atomic E-state index is 12.9. The number of ether oxygens (including phenoxy) is 2. The average Bonchev–Trinajstić information content (AvgIpc) is 2.78. The molecule has 0 saturated carbocycles. The van der Waals surface area contributed by atoms with Crippen LogP contribution in [0.4, 0.5) is 0 Å². The lowest BCUT2D eigenvalue weighted by molar-refractivity contribution is -0.141. The Balaban J connectivity index is 2.01. The summed E-state index contributed by atoms with van der Waals surface area (Å²) >= 11 is 0. The highest BCUT2D eigenvalue weighted by Crippen LogP contribution is 2.17. The summed E-state index contributed by atoms with van der Waals surface area (Å²) in [6.45, 7) is 4.76. The van der Waals surface area contributed by atoms with Gasteiger partial charge in [-0.05, 0) is 49.6 Å². The van der Waals surface area contributed by atoms with Gasteiger partial charge in [0.1, 0.15) is 17.5 Å². The second kappa shape index (κ2) is 12.5. The molecule has 0 aromatic heterocycles. The van der Waals surface area contributed by atoms with E-state index < -0.39 is 6.04 Å². The van der Waals surface area contributed by atoms with E-state index in [-0.39, 0.29) is 18.4 Å². The van der Waals surface area contributed by atoms with Crippen LogP contribution in [0, 0.1) is 0 Å². The molecule has 162 valence electrons. The Hall–Kier alpha value is -3.02. The van der Waals surface area contributed by atoms with Crippen molar-refractivity contribution in [2.75, 3.05) is 26.8 Å². The summed E-state index contributed by atoms with van der Waals surface area (Å²) in [5.74, 6) is 0.928. The highest BCUT2D eigenvalue weighted by atomic mass is 16.5. The predicted octanol–water partition coefficient (Wildman–Crippen LogP) is 3.45. The van der Waals surface area contributed by atoms with Gasteiger partial charge in [-0.25, -0.2) is 0 Å². The van der Waals surface area contributed by atoms with E-state index >= 15 is 0 Å². The van der Waals surface area contributed by atoms with Crippen molar-refractivity contribution in [1.82, 2.24) is 10.2 Å². The molecule has 1 atom stereocenters. The second-order valence-electron chi connectivity index (χ2n) is 7.11. The van der Waals surface area contributed by atoms with E-state index in [9.17, 15) is 9.59 Å². The average molecular weight is 413 g/mol. The van der Waals surface area contributed by atoms with E-state index in [0.29, 0.717) is 25.3 Å². The zero-order chi connectivity index (χ0) is 21.8. The van der Waals surface area contributed by atoms with Gasteiger partial charge in [-0.1, -0.05) is 43.7 Å². The molecular formula is C24H32N2O4. The standard InChI is InChI=1S/C24H32N2O4/c1-4-5-16-25-24(28)19(2)26(17-15-20-9-7-6-8-10-20)23(27)18-30-22-13-11-21(29-3)12-14-22/h6-14,19H,4-5,15-18H2,1-3H3,(H,25,28)/t19-/m1/s1. The molecule has 2 rings (SSSR count). The zero-order valence-corrected chi connectivity index (χ0v) is 18.1. The molecule has 0 aliphatic rings. The Kier molecular flexibility index (Phi) is 9.71. The highest BCUT2D eigenvalue weighted by molar-refractivity contribution is 5.87. The van der Waals surface area contributed by atoms with Crippen molar-refractivity contribution < 1.29 is 19.1 Å². The Morgan fingerprint density at radius 1 is 1.03 bits per heavy atom. The third-order valence-electron chi connectivity index (χ3n) is 4.90. The van der Waals surface area contributed by atoms with Crippen molar-refractivity contribution in [2.45, 2.75) is 39.2 Å². The highest BCUT2D eigenvalue weighted by Gasteiger charge is 2.25. The molecule has 0 spiro atoms. The van der Waals surface area contributed by atoms with Gasteiger partial charge in [0.25, 0.3) is 5.91 Å². The molecule has 0 bridgehead atoms. The molecule has 2 amide bonds. The van der Waals surface area contributed by atoms with E-state index in [4.69, 9.17) is 9.47 Å². The third kappa shape index (κ3) is 7.43. The quantitative estimate of drug-likeness (QED) is 0.542. The molecule has 0 unspecified atom stereocenters. The summed E-state index contributed by atoms with van der Waals surface area (Å²) in [5, 5.41) is 2.92. The van der Waals surface area contributed by atoms with Crippen molar-refractivity contribution in [2.24, 2.45) is 0 Å². The number of carbonyl (C=O) groups excluding carboxylic acids is 2. The Morgan fingerprint density at radius 3 is 2.33 bits per heavy atom. The van der Waals surface area contributed by atoms with Crippen LogP contribution in [0.5, 0.6) is 11.5 Å². The van der Waals surface area contributed by atoms with E-state index in [1.54, 1.807) is 43.2 Å². The maximum Gasteiger partial charge on any atom is 0.261 e. The van der Waals surface area contributed by atoms with Crippen LogP contribution in [0.2, 0.25) is 0 Å². The summed E-state index contributed by atoms with van der Waals surface area (Å²) in [7, 11) is 1.59. The number of methoxy groups -OCH3 is 1. The number of hydrogen-bond acceptors (Lipinski definition) is 4. The molecule has 0 saturated heterocycles. The fraction of sp³-hybridized carbons (Fsp3) is 0.417. The molecule has 0 aliphatic carbocycles. The van der Waals surface area contributed by atoms with Crippen molar-refractivity contribution >= 4 is 11.8 Å². The summed E-state index contributed by atoms with van der Waals surface area (Å²) < 4.78 is 10.8. The van der Waals surface area contributed by atoms with Gasteiger partial charge in [-0.15, -0.1) is 0 Å². The summed E-state index contributed by atoms with van der Waals surface area (Å²) in [4.78, 5) is 27.1. The van der Waals surface area contributed by atoms with Crippen LogP contribution in [0.3, 0.4) is 0 Å². The molecule has 30 heavy (non-hydrogen) atoms. The van der Waals surface area contributed by atoms with Crippen molar-refractivity contribution in [3.05, 3.63) is 60.2 Å². The van der Waals surface area contributed by atoms with Crippen molar-refractivity contribution in [1.29, 1.82) is 0 Å². The molecule has 0 fully saturated rings. The van der Waals surface area contributed by atoms with Crippen LogP contribution in [0.25, 0.3) is 0 Å². The number of nitrogens with one attached hydrogen (secondary N) is 1. The van der Waals surface area contributed by atoms with Crippen LogP contribution in [0.15, 0.2) is 54.6 Å². The minimum absolute atomic E-state index is 0.131. The van der Waals surface area contributed by atoms with Gasteiger partial charge in [0.2, 0.25) is 5.91 Å². The molecule has 6 nitrogen and oxygen atoms in total. The van der Waals surface area contributed by atoms with Crippen LogP contribution in [0.1, 0.15) is 32.3 Å². The van der Waals surface area contributed by atoms with Crippen LogP contribution in [-0.4, -0.2) is 49.6 Å². The Bertz CT molecular complexity index is 778. The van der Waals surface area contributed by atoms with E-state index in [0.717, 1.165) is 24.2 Å². The predicted molar refractivity (Wildman–Crippen MR) is 118 cm³/mol. The van der Waals surface area contributed by atoms with Gasteiger partial charge >= 0.3 is 0 Å². The lowest BCUT2D eigenvalue weighted by Crippen LogP contribution is -2.50. The fourth-order valence-electron chi connectivity index (χ4n) is 3.01. The van der Waals surface area contributed by atoms with Crippen molar-refractivity contribution in [3.63, 3.8) is 0 Å². The molecule has 0 heterocycles. The molecule has 2 aromatic rings. The molecule has 1 N–H and O–H groups in total. The third-order valence-corrected chi connectivity index (χ3v) is 4.90. The van der Waals surface area contributed by atoms with Gasteiger partial charge in [-0.3, -0.25) is 9.59 Å². The first kappa shape index (κ1) is 23.3. The lowest BCUT2D eigenvalue weighted by Gasteiger charge is -2.28. The van der Waals surface area contributed by atoms with E-state index in [1.807, 2.05) is 30.3 Å². The topological polar surface area (TPSA) is 67.9 Å². The first-order chi connectivity index (χ1) is 14.5. The van der Waals surface area contributed by atoms with E-state index in [1.165, 1.54) is 0 Å². The fourth-order valence-corrected chi connectivity index (χ4v) is 3.01. The zero-order valence-electron chi connectivity index (χ0n) is 18.1. The molecule has 0 aliphatic heterocycles. The second-order valence-corrected chi connectivity index (χ2v) is 7.11. The molecule has 2 aromatic carbocycles. The van der Waals surface area contributed by atoms with Gasteiger partial charge in [-0.2, -0.15) is 0 Å². The minimum Gasteiger partial charge on any atom is -0.497 e. The Morgan fingerprint density at radius 2 is 1.70 bits per heavy atom. The largest absolute Gasteiger partial charge is 0.497 e. The van der Waals surface area contributed by atoms with Crippen LogP contribution >= 0.6 is 0 Å².